The third-order valence-corrected chi connectivity index (χ3v) is 8.45. The molecule has 41 heavy (non-hydrogen) atoms. The molecule has 1 aromatic heterocycles. The Hall–Kier alpha value is -4.16. The first-order chi connectivity index (χ1) is 19.5. The number of phenols is 1. The van der Waals surface area contributed by atoms with Crippen LogP contribution in [0.25, 0.3) is 5.76 Å². The Labute approximate surface area is 247 Å². The van der Waals surface area contributed by atoms with Gasteiger partial charge in [0.1, 0.15) is 29.1 Å². The molecule has 3 aromatic rings. The number of aliphatic hydroxyl groups excluding tert-OH is 1. The van der Waals surface area contributed by atoms with E-state index in [1.165, 1.54) is 25.3 Å². The number of amides is 1. The molecule has 212 valence electrons. The molecule has 2 aliphatic heterocycles. The Morgan fingerprint density at radius 1 is 1.32 bits per heavy atom. The van der Waals surface area contributed by atoms with Crippen LogP contribution in [0.5, 0.6) is 17.2 Å². The summed E-state index contributed by atoms with van der Waals surface area (Å²) in [6.07, 6.45) is 2.02. The quantitative estimate of drug-likeness (QED) is 0.117. The minimum Gasteiger partial charge on any atom is -0.507 e. The number of aromatic nitrogens is 1. The maximum atomic E-state index is 13.6. The average Bonchev–Trinajstić information content (AvgIpc) is 3.60. The highest BCUT2D eigenvalue weighted by atomic mass is 79.9. The highest BCUT2D eigenvalue weighted by molar-refractivity contribution is 9.10. The maximum absolute atomic E-state index is 13.6. The number of rotatable bonds is 7. The number of carbonyl (C=O) groups excluding carboxylic acids is 3. The van der Waals surface area contributed by atoms with Crippen molar-refractivity contribution in [2.24, 2.45) is 0 Å². The van der Waals surface area contributed by atoms with Gasteiger partial charge in [0, 0.05) is 12.0 Å². The standard InChI is InChI=1S/C29H25BrN2O8S/c1-5-8-39-28(37)26-14(3)31-29(41-26)32-22(17-11-18(30)24(34)20(12-17)38-4)21(25(35)27(32)36)23(33)15-6-7-19-16(10-15)9-13(2)40-19/h5-7,10-13,22,33-34H,1,8-9H2,2-4H3/b23-21+/t13-,22-/m1/s1. The minimum atomic E-state index is -1.17. The van der Waals surface area contributed by atoms with Gasteiger partial charge in [-0.2, -0.15) is 0 Å². The number of ether oxygens (including phenoxy) is 3. The normalized spacial score (nSPS) is 19.2. The number of anilines is 1. The highest BCUT2D eigenvalue weighted by Crippen LogP contribution is 2.47. The van der Waals surface area contributed by atoms with E-state index in [1.54, 1.807) is 25.1 Å². The summed E-state index contributed by atoms with van der Waals surface area (Å²) in [7, 11) is 1.36. The fraction of sp³-hybridized carbons (Fsp3) is 0.241. The molecule has 0 radical (unpaired) electrons. The maximum Gasteiger partial charge on any atom is 0.350 e. The van der Waals surface area contributed by atoms with Crippen LogP contribution >= 0.6 is 27.3 Å². The van der Waals surface area contributed by atoms with Crippen molar-refractivity contribution in [3.8, 4) is 17.2 Å². The number of halogens is 1. The van der Waals surface area contributed by atoms with Gasteiger partial charge >= 0.3 is 11.9 Å². The second-order valence-corrected chi connectivity index (χ2v) is 11.3. The zero-order chi connectivity index (χ0) is 29.6. The molecule has 1 amide bonds. The number of fused-ring (bicyclic) bond motifs is 1. The van der Waals surface area contributed by atoms with E-state index in [9.17, 15) is 24.6 Å². The van der Waals surface area contributed by atoms with E-state index in [0.717, 1.165) is 21.8 Å². The molecule has 2 N–H and O–H groups in total. The van der Waals surface area contributed by atoms with Gasteiger partial charge in [0.15, 0.2) is 16.6 Å². The van der Waals surface area contributed by atoms with Crippen molar-refractivity contribution in [2.75, 3.05) is 18.6 Å². The van der Waals surface area contributed by atoms with Gasteiger partial charge in [-0.05, 0) is 71.2 Å². The molecular formula is C29H25BrN2O8S. The molecule has 2 atom stereocenters. The number of methoxy groups -OCH3 is 1. The van der Waals surface area contributed by atoms with Crippen LogP contribution in [0, 0.1) is 6.92 Å². The number of nitrogens with zero attached hydrogens (tertiary/aromatic N) is 2. The third-order valence-electron chi connectivity index (χ3n) is 6.71. The zero-order valence-electron chi connectivity index (χ0n) is 22.3. The molecule has 0 spiro atoms. The minimum absolute atomic E-state index is 0.0120. The first-order valence-electron chi connectivity index (χ1n) is 12.5. The number of hydrogen-bond donors (Lipinski definition) is 2. The molecule has 5 rings (SSSR count). The van der Waals surface area contributed by atoms with Gasteiger partial charge in [-0.1, -0.05) is 24.0 Å². The van der Waals surface area contributed by atoms with Crippen LogP contribution in [0.3, 0.4) is 0 Å². The van der Waals surface area contributed by atoms with E-state index in [2.05, 4.69) is 27.5 Å². The highest BCUT2D eigenvalue weighted by Gasteiger charge is 2.49. The lowest BCUT2D eigenvalue weighted by Crippen LogP contribution is -2.29. The van der Waals surface area contributed by atoms with Crippen molar-refractivity contribution in [1.82, 2.24) is 4.98 Å². The molecule has 2 aliphatic rings. The fourth-order valence-electron chi connectivity index (χ4n) is 4.85. The summed E-state index contributed by atoms with van der Waals surface area (Å²) in [5, 5.41) is 22.0. The average molecular weight is 641 g/mol. The van der Waals surface area contributed by atoms with Crippen molar-refractivity contribution in [2.45, 2.75) is 32.4 Å². The third kappa shape index (κ3) is 4.97. The van der Waals surface area contributed by atoms with Gasteiger partial charge in [-0.3, -0.25) is 14.5 Å². The number of aliphatic hydroxyl groups is 1. The first-order valence-corrected chi connectivity index (χ1v) is 14.1. The Balaban J connectivity index is 1.70. The second kappa shape index (κ2) is 11.0. The molecule has 0 saturated carbocycles. The van der Waals surface area contributed by atoms with Crippen molar-refractivity contribution < 1.29 is 38.8 Å². The summed E-state index contributed by atoms with van der Waals surface area (Å²) in [5.41, 5.74) is 1.65. The van der Waals surface area contributed by atoms with Crippen LogP contribution in [0.4, 0.5) is 5.13 Å². The molecular weight excluding hydrogens is 616 g/mol. The summed E-state index contributed by atoms with van der Waals surface area (Å²) in [6, 6.07) is 6.87. The zero-order valence-corrected chi connectivity index (χ0v) is 24.7. The number of ketones is 1. The molecule has 3 heterocycles. The first kappa shape index (κ1) is 28.4. The molecule has 0 unspecified atom stereocenters. The van der Waals surface area contributed by atoms with Gasteiger partial charge in [0.05, 0.1) is 28.9 Å². The second-order valence-electron chi connectivity index (χ2n) is 9.48. The fourth-order valence-corrected chi connectivity index (χ4v) is 6.30. The Morgan fingerprint density at radius 3 is 2.78 bits per heavy atom. The van der Waals surface area contributed by atoms with E-state index in [-0.39, 0.29) is 50.0 Å². The molecule has 1 saturated heterocycles. The van der Waals surface area contributed by atoms with Crippen LogP contribution in [0.15, 0.2) is 53.0 Å². The number of hydrogen-bond acceptors (Lipinski definition) is 10. The van der Waals surface area contributed by atoms with Gasteiger partial charge < -0.3 is 24.4 Å². The molecule has 10 nitrogen and oxygen atoms in total. The monoisotopic (exact) mass is 640 g/mol. The SMILES string of the molecule is C=CCOC(=O)c1sc(N2C(=O)C(=O)/C(=C(/O)c3ccc4c(c3)C[C@@H](C)O4)[C@H]2c2cc(Br)c(O)c(OC)c2)nc1C. The predicted molar refractivity (Wildman–Crippen MR) is 155 cm³/mol. The van der Waals surface area contributed by atoms with Gasteiger partial charge in [0.2, 0.25) is 0 Å². The summed E-state index contributed by atoms with van der Waals surface area (Å²) in [5.74, 6) is -2.34. The van der Waals surface area contributed by atoms with Crippen molar-refractivity contribution in [1.29, 1.82) is 0 Å². The van der Waals surface area contributed by atoms with E-state index < -0.39 is 23.7 Å². The van der Waals surface area contributed by atoms with E-state index in [1.807, 2.05) is 6.92 Å². The Morgan fingerprint density at radius 2 is 2.07 bits per heavy atom. The number of esters is 1. The predicted octanol–water partition coefficient (Wildman–Crippen LogP) is 5.22. The topological polar surface area (TPSA) is 135 Å². The Kier molecular flexibility index (Phi) is 7.62. The van der Waals surface area contributed by atoms with Gasteiger partial charge in [-0.25, -0.2) is 9.78 Å². The largest absolute Gasteiger partial charge is 0.507 e. The van der Waals surface area contributed by atoms with Crippen molar-refractivity contribution in [3.05, 3.63) is 80.3 Å². The van der Waals surface area contributed by atoms with Crippen molar-refractivity contribution >= 4 is 55.8 Å². The lowest BCUT2D eigenvalue weighted by Gasteiger charge is -2.24. The summed E-state index contributed by atoms with van der Waals surface area (Å²) in [4.78, 5) is 45.5. The lowest BCUT2D eigenvalue weighted by molar-refractivity contribution is -0.132. The van der Waals surface area contributed by atoms with E-state index in [0.29, 0.717) is 29.0 Å². The lowest BCUT2D eigenvalue weighted by atomic mass is 9.94. The van der Waals surface area contributed by atoms with Crippen LogP contribution in [0.2, 0.25) is 0 Å². The molecule has 1 fully saturated rings. The number of aromatic hydroxyl groups is 1. The van der Waals surface area contributed by atoms with Crippen LogP contribution in [0.1, 0.15) is 45.0 Å². The summed E-state index contributed by atoms with van der Waals surface area (Å²) >= 11 is 4.18. The molecule has 2 aromatic carbocycles. The number of thiazole rings is 1. The number of aryl methyl sites for hydroxylation is 1. The van der Waals surface area contributed by atoms with Gasteiger partial charge in [0.25, 0.3) is 5.78 Å². The number of benzene rings is 2. The van der Waals surface area contributed by atoms with Crippen LogP contribution in [-0.2, 0) is 20.7 Å². The molecule has 0 aliphatic carbocycles. The molecule has 0 bridgehead atoms. The van der Waals surface area contributed by atoms with Gasteiger partial charge in [-0.15, -0.1) is 0 Å². The van der Waals surface area contributed by atoms with Crippen LogP contribution < -0.4 is 14.4 Å². The number of phenolic OH excluding ortho intramolecular Hbond substituents is 1. The number of carbonyl (C=O) groups is 3. The number of Topliss-reactive ketones (excluding diaryl/α,β-unsaturated/α-hetero) is 1. The van der Waals surface area contributed by atoms with Crippen LogP contribution in [-0.4, -0.2) is 52.7 Å². The smallest absolute Gasteiger partial charge is 0.350 e. The Bertz CT molecular complexity index is 1650. The van der Waals surface area contributed by atoms with Crippen molar-refractivity contribution in [3.63, 3.8) is 0 Å². The molecule has 12 heteroatoms. The van der Waals surface area contributed by atoms with E-state index in [4.69, 9.17) is 14.2 Å². The van der Waals surface area contributed by atoms with E-state index >= 15 is 0 Å². The summed E-state index contributed by atoms with van der Waals surface area (Å²) < 4.78 is 16.5. The summed E-state index contributed by atoms with van der Waals surface area (Å²) in [6.45, 7) is 7.04.